The molecule has 2 amide bonds. The van der Waals surface area contributed by atoms with Crippen molar-refractivity contribution in [3.05, 3.63) is 42.2 Å². The third kappa shape index (κ3) is 5.00. The van der Waals surface area contributed by atoms with Gasteiger partial charge in [-0.1, -0.05) is 0 Å². The number of carbonyl (C=O) groups excluding carboxylic acids is 2. The summed E-state index contributed by atoms with van der Waals surface area (Å²) in [4.78, 5) is 31.6. The SMILES string of the molecule is CC(=O)Nc1ccc(Nc2nccc(C(=O)NCC3CCCO3)n2)cc1. The van der Waals surface area contributed by atoms with Crippen LogP contribution in [0, 0.1) is 0 Å². The predicted molar refractivity (Wildman–Crippen MR) is 97.4 cm³/mol. The lowest BCUT2D eigenvalue weighted by Gasteiger charge is -2.11. The van der Waals surface area contributed by atoms with Crippen molar-refractivity contribution < 1.29 is 14.3 Å². The number of amides is 2. The Balaban J connectivity index is 1.59. The van der Waals surface area contributed by atoms with Crippen molar-refractivity contribution in [2.24, 2.45) is 0 Å². The fourth-order valence-corrected chi connectivity index (χ4v) is 2.62. The van der Waals surface area contributed by atoms with Crippen LogP contribution in [0.3, 0.4) is 0 Å². The maximum atomic E-state index is 12.2. The third-order valence-electron chi connectivity index (χ3n) is 3.86. The number of carbonyl (C=O) groups is 2. The molecule has 2 heterocycles. The Labute approximate surface area is 151 Å². The second-order valence-electron chi connectivity index (χ2n) is 5.99. The van der Waals surface area contributed by atoms with Gasteiger partial charge < -0.3 is 20.7 Å². The van der Waals surface area contributed by atoms with Crippen molar-refractivity contribution in [2.75, 3.05) is 23.8 Å². The number of hydrogen-bond acceptors (Lipinski definition) is 6. The van der Waals surface area contributed by atoms with E-state index in [1.165, 1.54) is 13.1 Å². The van der Waals surface area contributed by atoms with Crippen LogP contribution in [0.2, 0.25) is 0 Å². The van der Waals surface area contributed by atoms with E-state index in [1.807, 2.05) is 0 Å². The first kappa shape index (κ1) is 17.8. The normalized spacial score (nSPS) is 16.1. The van der Waals surface area contributed by atoms with Gasteiger partial charge in [-0.05, 0) is 43.2 Å². The van der Waals surface area contributed by atoms with Crippen LogP contribution in [0.25, 0.3) is 0 Å². The van der Waals surface area contributed by atoms with Gasteiger partial charge in [-0.15, -0.1) is 0 Å². The van der Waals surface area contributed by atoms with E-state index in [2.05, 4.69) is 25.9 Å². The molecule has 1 aromatic heterocycles. The van der Waals surface area contributed by atoms with E-state index in [4.69, 9.17) is 4.74 Å². The number of rotatable bonds is 6. The number of ether oxygens (including phenoxy) is 1. The smallest absolute Gasteiger partial charge is 0.270 e. The second-order valence-corrected chi connectivity index (χ2v) is 5.99. The molecule has 136 valence electrons. The second kappa shape index (κ2) is 8.39. The first-order valence-electron chi connectivity index (χ1n) is 8.48. The maximum Gasteiger partial charge on any atom is 0.270 e. The lowest BCUT2D eigenvalue weighted by Crippen LogP contribution is -2.32. The summed E-state index contributed by atoms with van der Waals surface area (Å²) < 4.78 is 5.49. The summed E-state index contributed by atoms with van der Waals surface area (Å²) in [6.45, 7) is 2.69. The Kier molecular flexibility index (Phi) is 5.75. The first-order chi connectivity index (χ1) is 12.6. The van der Waals surface area contributed by atoms with Crippen molar-refractivity contribution >= 4 is 29.1 Å². The van der Waals surface area contributed by atoms with Crippen LogP contribution in [0.4, 0.5) is 17.3 Å². The molecule has 0 radical (unpaired) electrons. The lowest BCUT2D eigenvalue weighted by atomic mass is 10.2. The fourth-order valence-electron chi connectivity index (χ4n) is 2.62. The van der Waals surface area contributed by atoms with E-state index in [0.717, 1.165) is 25.1 Å². The summed E-state index contributed by atoms with van der Waals surface area (Å²) >= 11 is 0. The molecule has 3 rings (SSSR count). The van der Waals surface area contributed by atoms with Gasteiger partial charge in [0.05, 0.1) is 6.10 Å². The molecule has 8 heteroatoms. The molecule has 3 N–H and O–H groups in total. The minimum Gasteiger partial charge on any atom is -0.376 e. The fraction of sp³-hybridized carbons (Fsp3) is 0.333. The van der Waals surface area contributed by atoms with Crippen molar-refractivity contribution in [1.29, 1.82) is 0 Å². The third-order valence-corrected chi connectivity index (χ3v) is 3.86. The predicted octanol–water partition coefficient (Wildman–Crippen LogP) is 2.09. The molecule has 1 aromatic carbocycles. The highest BCUT2D eigenvalue weighted by Crippen LogP contribution is 2.17. The molecule has 8 nitrogen and oxygen atoms in total. The van der Waals surface area contributed by atoms with E-state index >= 15 is 0 Å². The van der Waals surface area contributed by atoms with Crippen LogP contribution >= 0.6 is 0 Å². The van der Waals surface area contributed by atoms with Crippen molar-refractivity contribution in [2.45, 2.75) is 25.9 Å². The molecule has 1 atom stereocenters. The maximum absolute atomic E-state index is 12.2. The molecule has 1 aliphatic heterocycles. The molecule has 1 aliphatic rings. The van der Waals surface area contributed by atoms with Crippen LogP contribution in [0.1, 0.15) is 30.3 Å². The molecule has 0 aliphatic carbocycles. The van der Waals surface area contributed by atoms with Crippen molar-refractivity contribution in [1.82, 2.24) is 15.3 Å². The summed E-state index contributed by atoms with van der Waals surface area (Å²) in [5.41, 5.74) is 1.73. The van der Waals surface area contributed by atoms with Crippen LogP contribution in [-0.2, 0) is 9.53 Å². The molecule has 0 saturated carbocycles. The molecule has 0 bridgehead atoms. The highest BCUT2D eigenvalue weighted by molar-refractivity contribution is 5.92. The zero-order valence-corrected chi connectivity index (χ0v) is 14.5. The van der Waals surface area contributed by atoms with Gasteiger partial charge in [0.25, 0.3) is 5.91 Å². The van der Waals surface area contributed by atoms with E-state index in [9.17, 15) is 9.59 Å². The Hall–Kier alpha value is -3.00. The van der Waals surface area contributed by atoms with Gasteiger partial charge >= 0.3 is 0 Å². The van der Waals surface area contributed by atoms with Gasteiger partial charge in [-0.3, -0.25) is 9.59 Å². The average Bonchev–Trinajstić information content (AvgIpc) is 3.15. The number of nitrogens with one attached hydrogen (secondary N) is 3. The van der Waals surface area contributed by atoms with Crippen molar-refractivity contribution in [3.8, 4) is 0 Å². The van der Waals surface area contributed by atoms with Gasteiger partial charge in [0.15, 0.2) is 0 Å². The zero-order valence-electron chi connectivity index (χ0n) is 14.5. The molecule has 26 heavy (non-hydrogen) atoms. The minimum atomic E-state index is -0.257. The average molecular weight is 355 g/mol. The number of aromatic nitrogens is 2. The lowest BCUT2D eigenvalue weighted by molar-refractivity contribution is -0.114. The standard InChI is InChI=1S/C18H21N5O3/c1-12(24)21-13-4-6-14(7-5-13)22-18-19-9-8-16(23-18)17(25)20-11-15-3-2-10-26-15/h4-9,15H,2-3,10-11H2,1H3,(H,20,25)(H,21,24)(H,19,22,23). The Morgan fingerprint density at radius 3 is 2.65 bits per heavy atom. The molecular formula is C18H21N5O3. The molecule has 2 aromatic rings. The molecule has 1 unspecified atom stereocenters. The van der Waals surface area contributed by atoms with E-state index < -0.39 is 0 Å². The molecular weight excluding hydrogens is 334 g/mol. The van der Waals surface area contributed by atoms with Crippen LogP contribution in [0.15, 0.2) is 36.5 Å². The summed E-state index contributed by atoms with van der Waals surface area (Å²) in [6, 6.07) is 8.68. The van der Waals surface area contributed by atoms with Gasteiger partial charge in [0, 0.05) is 37.6 Å². The van der Waals surface area contributed by atoms with Gasteiger partial charge in [0.1, 0.15) is 5.69 Å². The number of anilines is 3. The number of nitrogens with zero attached hydrogens (tertiary/aromatic N) is 2. The Morgan fingerprint density at radius 1 is 1.19 bits per heavy atom. The highest BCUT2D eigenvalue weighted by atomic mass is 16.5. The summed E-state index contributed by atoms with van der Waals surface area (Å²) in [5.74, 6) is -0.0650. The zero-order chi connectivity index (χ0) is 18.4. The van der Waals surface area contributed by atoms with Gasteiger partial charge in [0.2, 0.25) is 11.9 Å². The van der Waals surface area contributed by atoms with Gasteiger partial charge in [-0.25, -0.2) is 9.97 Å². The molecule has 1 saturated heterocycles. The number of benzene rings is 1. The topological polar surface area (TPSA) is 105 Å². The summed E-state index contributed by atoms with van der Waals surface area (Å²) in [6.07, 6.45) is 3.61. The minimum absolute atomic E-state index is 0.0838. The molecule has 0 spiro atoms. The summed E-state index contributed by atoms with van der Waals surface area (Å²) in [5, 5.41) is 8.57. The van der Waals surface area contributed by atoms with E-state index in [-0.39, 0.29) is 23.6 Å². The monoisotopic (exact) mass is 355 g/mol. The van der Waals surface area contributed by atoms with E-state index in [1.54, 1.807) is 30.3 Å². The Morgan fingerprint density at radius 2 is 1.96 bits per heavy atom. The quantitative estimate of drug-likeness (QED) is 0.733. The van der Waals surface area contributed by atoms with Crippen LogP contribution in [-0.4, -0.2) is 41.0 Å². The number of hydrogen-bond donors (Lipinski definition) is 3. The van der Waals surface area contributed by atoms with E-state index in [0.29, 0.717) is 18.2 Å². The largest absolute Gasteiger partial charge is 0.376 e. The molecule has 1 fully saturated rings. The van der Waals surface area contributed by atoms with Gasteiger partial charge in [-0.2, -0.15) is 0 Å². The Bertz CT molecular complexity index is 773. The van der Waals surface area contributed by atoms with Crippen LogP contribution < -0.4 is 16.0 Å². The highest BCUT2D eigenvalue weighted by Gasteiger charge is 2.17. The first-order valence-corrected chi connectivity index (χ1v) is 8.48. The van der Waals surface area contributed by atoms with Crippen molar-refractivity contribution in [3.63, 3.8) is 0 Å². The van der Waals surface area contributed by atoms with Crippen LogP contribution in [0.5, 0.6) is 0 Å². The summed E-state index contributed by atoms with van der Waals surface area (Å²) in [7, 11) is 0.